The van der Waals surface area contributed by atoms with Crippen LogP contribution < -0.4 is 10.6 Å². The van der Waals surface area contributed by atoms with Crippen molar-refractivity contribution < 1.29 is 23.5 Å². The van der Waals surface area contributed by atoms with Crippen LogP contribution in [0.2, 0.25) is 0 Å². The van der Waals surface area contributed by atoms with Crippen LogP contribution in [0.25, 0.3) is 0 Å². The molecule has 1 aromatic rings. The summed E-state index contributed by atoms with van der Waals surface area (Å²) in [6.07, 6.45) is 1.68. The number of hydrogen-bond donors (Lipinski definition) is 3. The first-order valence-electron chi connectivity index (χ1n) is 6.61. The number of anilines is 1. The Labute approximate surface area is 121 Å². The second-order valence-electron chi connectivity index (χ2n) is 4.71. The highest BCUT2D eigenvalue weighted by Gasteiger charge is 2.20. The van der Waals surface area contributed by atoms with Gasteiger partial charge in [0.05, 0.1) is 5.69 Å². The molecule has 0 aromatic heterocycles. The van der Waals surface area contributed by atoms with Crippen LogP contribution in [0, 0.1) is 18.6 Å². The summed E-state index contributed by atoms with van der Waals surface area (Å²) in [4.78, 5) is 22.6. The predicted molar refractivity (Wildman–Crippen MR) is 74.2 cm³/mol. The Kier molecular flexibility index (Phi) is 6.08. The number of urea groups is 1. The minimum Gasteiger partial charge on any atom is -0.480 e. The van der Waals surface area contributed by atoms with Gasteiger partial charge in [-0.1, -0.05) is 19.8 Å². The molecule has 1 rings (SSSR count). The minimum absolute atomic E-state index is 0.116. The number of benzene rings is 1. The molecule has 0 radical (unpaired) electrons. The summed E-state index contributed by atoms with van der Waals surface area (Å²) in [5.41, 5.74) is -0.222. The third-order valence-corrected chi connectivity index (χ3v) is 2.95. The molecule has 21 heavy (non-hydrogen) atoms. The van der Waals surface area contributed by atoms with Crippen LogP contribution in [0.4, 0.5) is 19.3 Å². The molecule has 0 fully saturated rings. The summed E-state index contributed by atoms with van der Waals surface area (Å²) in [7, 11) is 0. The van der Waals surface area contributed by atoms with E-state index < -0.39 is 29.7 Å². The number of aryl methyl sites for hydroxylation is 1. The van der Waals surface area contributed by atoms with E-state index in [9.17, 15) is 18.4 Å². The molecule has 0 aliphatic rings. The normalized spacial score (nSPS) is 11.8. The number of rotatable bonds is 6. The largest absolute Gasteiger partial charge is 0.480 e. The van der Waals surface area contributed by atoms with E-state index in [1.165, 1.54) is 6.92 Å². The van der Waals surface area contributed by atoms with Crippen LogP contribution in [0.5, 0.6) is 0 Å². The molecule has 1 unspecified atom stereocenters. The number of hydrogen-bond acceptors (Lipinski definition) is 2. The van der Waals surface area contributed by atoms with Crippen LogP contribution in [-0.4, -0.2) is 23.1 Å². The van der Waals surface area contributed by atoms with Crippen molar-refractivity contribution in [2.45, 2.75) is 39.2 Å². The van der Waals surface area contributed by atoms with Crippen LogP contribution >= 0.6 is 0 Å². The zero-order chi connectivity index (χ0) is 16.0. The summed E-state index contributed by atoms with van der Waals surface area (Å²) >= 11 is 0. The van der Waals surface area contributed by atoms with Gasteiger partial charge in [0.1, 0.15) is 17.7 Å². The number of aliphatic carboxylic acids is 1. The maximum atomic E-state index is 13.6. The van der Waals surface area contributed by atoms with Crippen molar-refractivity contribution in [1.29, 1.82) is 0 Å². The van der Waals surface area contributed by atoms with Crippen molar-refractivity contribution in [3.8, 4) is 0 Å². The SMILES string of the molecule is CCCCC(NC(=O)Nc1cc(F)c(C)cc1F)C(=O)O. The zero-order valence-electron chi connectivity index (χ0n) is 11.9. The van der Waals surface area contributed by atoms with E-state index in [1.807, 2.05) is 6.92 Å². The molecule has 2 amide bonds. The average molecular weight is 300 g/mol. The maximum absolute atomic E-state index is 13.6. The highest BCUT2D eigenvalue weighted by atomic mass is 19.1. The van der Waals surface area contributed by atoms with Gasteiger partial charge in [-0.15, -0.1) is 0 Å². The van der Waals surface area contributed by atoms with Gasteiger partial charge in [0.15, 0.2) is 0 Å². The molecule has 1 aromatic carbocycles. The van der Waals surface area contributed by atoms with Gasteiger partial charge in [-0.05, 0) is 25.0 Å². The van der Waals surface area contributed by atoms with Crippen molar-refractivity contribution in [2.24, 2.45) is 0 Å². The first-order chi connectivity index (χ1) is 9.85. The van der Waals surface area contributed by atoms with Crippen molar-refractivity contribution in [1.82, 2.24) is 5.32 Å². The third kappa shape index (κ3) is 5.02. The second-order valence-corrected chi connectivity index (χ2v) is 4.71. The Balaban J connectivity index is 2.72. The fourth-order valence-electron chi connectivity index (χ4n) is 1.72. The molecule has 0 aliphatic carbocycles. The van der Waals surface area contributed by atoms with E-state index in [0.717, 1.165) is 18.6 Å². The van der Waals surface area contributed by atoms with E-state index in [-0.39, 0.29) is 17.7 Å². The molecule has 0 bridgehead atoms. The number of carboxylic acid groups (broad SMARTS) is 1. The molecule has 0 aliphatic heterocycles. The fourth-order valence-corrected chi connectivity index (χ4v) is 1.72. The number of unbranched alkanes of at least 4 members (excludes halogenated alkanes) is 1. The molecule has 1 atom stereocenters. The molecule has 0 heterocycles. The first-order valence-corrected chi connectivity index (χ1v) is 6.61. The van der Waals surface area contributed by atoms with Gasteiger partial charge in [0, 0.05) is 6.07 Å². The molecule has 5 nitrogen and oxygen atoms in total. The summed E-state index contributed by atoms with van der Waals surface area (Å²) in [5, 5.41) is 13.3. The molecular weight excluding hydrogens is 282 g/mol. The second kappa shape index (κ2) is 7.56. The van der Waals surface area contributed by atoms with Crippen molar-refractivity contribution >= 4 is 17.7 Å². The average Bonchev–Trinajstić information content (AvgIpc) is 2.40. The van der Waals surface area contributed by atoms with Crippen LogP contribution in [0.15, 0.2) is 12.1 Å². The van der Waals surface area contributed by atoms with E-state index >= 15 is 0 Å². The number of nitrogens with one attached hydrogen (secondary N) is 2. The molecule has 116 valence electrons. The first kappa shape index (κ1) is 16.9. The summed E-state index contributed by atoms with van der Waals surface area (Å²) in [5.74, 6) is -2.62. The highest BCUT2D eigenvalue weighted by Crippen LogP contribution is 2.18. The summed E-state index contributed by atoms with van der Waals surface area (Å²) < 4.78 is 26.9. The zero-order valence-corrected chi connectivity index (χ0v) is 11.9. The van der Waals surface area contributed by atoms with Crippen molar-refractivity contribution in [3.63, 3.8) is 0 Å². The van der Waals surface area contributed by atoms with Gasteiger partial charge < -0.3 is 15.7 Å². The molecule has 7 heteroatoms. The third-order valence-electron chi connectivity index (χ3n) is 2.95. The van der Waals surface area contributed by atoms with E-state index in [0.29, 0.717) is 6.42 Å². The number of amides is 2. The molecule has 0 saturated heterocycles. The summed E-state index contributed by atoms with van der Waals surface area (Å²) in [6.45, 7) is 3.29. The van der Waals surface area contributed by atoms with E-state index in [1.54, 1.807) is 0 Å². The number of halogens is 2. The number of carbonyl (C=O) groups excluding carboxylic acids is 1. The van der Waals surface area contributed by atoms with E-state index in [4.69, 9.17) is 5.11 Å². The molecular formula is C14H18F2N2O3. The summed E-state index contributed by atoms with van der Waals surface area (Å²) in [6, 6.07) is -0.146. The Morgan fingerprint density at radius 1 is 1.29 bits per heavy atom. The van der Waals surface area contributed by atoms with Crippen LogP contribution in [0.1, 0.15) is 31.7 Å². The number of carbonyl (C=O) groups is 2. The highest BCUT2D eigenvalue weighted by molar-refractivity contribution is 5.92. The standard InChI is InChI=1S/C14H18F2N2O3/c1-3-4-5-11(13(19)20)17-14(21)18-12-7-9(15)8(2)6-10(12)16/h6-7,11H,3-5H2,1-2H3,(H,19,20)(H2,17,18,21). The quantitative estimate of drug-likeness (QED) is 0.755. The Bertz CT molecular complexity index is 535. The molecule has 3 N–H and O–H groups in total. The van der Waals surface area contributed by atoms with Crippen LogP contribution in [0.3, 0.4) is 0 Å². The van der Waals surface area contributed by atoms with Gasteiger partial charge in [-0.2, -0.15) is 0 Å². The monoisotopic (exact) mass is 300 g/mol. The van der Waals surface area contributed by atoms with Crippen molar-refractivity contribution in [2.75, 3.05) is 5.32 Å². The van der Waals surface area contributed by atoms with Crippen molar-refractivity contribution in [3.05, 3.63) is 29.3 Å². The van der Waals surface area contributed by atoms with Gasteiger partial charge in [-0.25, -0.2) is 18.4 Å². The minimum atomic E-state index is -1.17. The van der Waals surface area contributed by atoms with E-state index in [2.05, 4.69) is 10.6 Å². The van der Waals surface area contributed by atoms with Gasteiger partial charge in [-0.3, -0.25) is 0 Å². The lowest BCUT2D eigenvalue weighted by Gasteiger charge is -2.15. The molecule has 0 spiro atoms. The van der Waals surface area contributed by atoms with Gasteiger partial charge >= 0.3 is 12.0 Å². The Hall–Kier alpha value is -2.18. The van der Waals surface area contributed by atoms with Crippen LogP contribution in [-0.2, 0) is 4.79 Å². The lowest BCUT2D eigenvalue weighted by atomic mass is 10.1. The fraction of sp³-hybridized carbons (Fsp3) is 0.429. The lowest BCUT2D eigenvalue weighted by Crippen LogP contribution is -2.43. The topological polar surface area (TPSA) is 78.4 Å². The Morgan fingerprint density at radius 2 is 1.95 bits per heavy atom. The maximum Gasteiger partial charge on any atom is 0.326 e. The molecule has 0 saturated carbocycles. The smallest absolute Gasteiger partial charge is 0.326 e. The number of carboxylic acids is 1. The lowest BCUT2D eigenvalue weighted by molar-refractivity contribution is -0.139. The predicted octanol–water partition coefficient (Wildman–Crippen LogP) is 3.04. The van der Waals surface area contributed by atoms with Gasteiger partial charge in [0.2, 0.25) is 0 Å². The Morgan fingerprint density at radius 3 is 2.52 bits per heavy atom. The van der Waals surface area contributed by atoms with Gasteiger partial charge in [0.25, 0.3) is 0 Å².